The number of carbonyl (C=O) groups excluding carboxylic acids is 1. The third kappa shape index (κ3) is 4.84. The normalized spacial score (nSPS) is 10.7. The summed E-state index contributed by atoms with van der Waals surface area (Å²) in [5.41, 5.74) is 1.46. The summed E-state index contributed by atoms with van der Waals surface area (Å²) in [6.07, 6.45) is 2.28. The van der Waals surface area contributed by atoms with Crippen LogP contribution >= 0.6 is 39.1 Å². The van der Waals surface area contributed by atoms with Crippen LogP contribution in [0.1, 0.15) is 12.3 Å². The molecule has 1 heterocycles. The van der Waals surface area contributed by atoms with Gasteiger partial charge in [-0.1, -0.05) is 39.1 Å². The van der Waals surface area contributed by atoms with E-state index in [1.165, 1.54) is 0 Å². The molecule has 0 radical (unpaired) electrons. The molecule has 1 N–H and O–H groups in total. The molecule has 128 valence electrons. The van der Waals surface area contributed by atoms with Crippen molar-refractivity contribution in [2.24, 2.45) is 0 Å². The Balaban J connectivity index is 1.58. The van der Waals surface area contributed by atoms with E-state index in [0.29, 0.717) is 33.8 Å². The van der Waals surface area contributed by atoms with E-state index in [2.05, 4.69) is 26.2 Å². The molecule has 0 bridgehead atoms. The number of aromatic nitrogens is 1. The Labute approximate surface area is 163 Å². The summed E-state index contributed by atoms with van der Waals surface area (Å²) in [6, 6.07) is 12.6. The molecule has 1 amide bonds. The summed E-state index contributed by atoms with van der Waals surface area (Å²) >= 11 is 15.3. The average molecular weight is 440 g/mol. The first-order chi connectivity index (χ1) is 12.0. The van der Waals surface area contributed by atoms with E-state index in [9.17, 15) is 4.79 Å². The van der Waals surface area contributed by atoms with Crippen molar-refractivity contribution < 1.29 is 9.21 Å². The number of nitrogens with one attached hydrogen (secondary N) is 1. The number of aryl methyl sites for hydroxylation is 1. The first kappa shape index (κ1) is 18.0. The van der Waals surface area contributed by atoms with Gasteiger partial charge in [0.25, 0.3) is 0 Å². The summed E-state index contributed by atoms with van der Waals surface area (Å²) in [7, 11) is 0. The van der Waals surface area contributed by atoms with Crippen molar-refractivity contribution in [3.05, 3.63) is 69.1 Å². The highest BCUT2D eigenvalue weighted by molar-refractivity contribution is 9.10. The van der Waals surface area contributed by atoms with Gasteiger partial charge in [-0.3, -0.25) is 4.79 Å². The van der Waals surface area contributed by atoms with E-state index in [0.717, 1.165) is 10.0 Å². The van der Waals surface area contributed by atoms with Gasteiger partial charge in [0.15, 0.2) is 11.7 Å². The average Bonchev–Trinajstić information content (AvgIpc) is 3.05. The van der Waals surface area contributed by atoms with Crippen LogP contribution in [0.25, 0.3) is 11.3 Å². The van der Waals surface area contributed by atoms with Crippen molar-refractivity contribution in [1.29, 1.82) is 0 Å². The second-order valence-corrected chi connectivity index (χ2v) is 7.06. The lowest BCUT2D eigenvalue weighted by Crippen LogP contribution is -2.12. The minimum atomic E-state index is -0.157. The molecule has 0 saturated heterocycles. The van der Waals surface area contributed by atoms with Crippen LogP contribution in [0.5, 0.6) is 0 Å². The molecule has 0 atom stereocenters. The van der Waals surface area contributed by atoms with E-state index in [1.54, 1.807) is 30.5 Å². The molecule has 0 saturated carbocycles. The van der Waals surface area contributed by atoms with Gasteiger partial charge in [-0.2, -0.15) is 0 Å². The Morgan fingerprint density at radius 2 is 1.92 bits per heavy atom. The summed E-state index contributed by atoms with van der Waals surface area (Å²) in [4.78, 5) is 16.3. The zero-order valence-corrected chi connectivity index (χ0v) is 16.0. The first-order valence-electron chi connectivity index (χ1n) is 7.47. The maximum atomic E-state index is 12.1. The van der Waals surface area contributed by atoms with Gasteiger partial charge in [0, 0.05) is 27.9 Å². The monoisotopic (exact) mass is 438 g/mol. The van der Waals surface area contributed by atoms with Crippen molar-refractivity contribution in [3.8, 4) is 11.3 Å². The van der Waals surface area contributed by atoms with Crippen LogP contribution in [0, 0.1) is 0 Å². The van der Waals surface area contributed by atoms with Crippen molar-refractivity contribution >= 4 is 50.7 Å². The number of hydrogen-bond acceptors (Lipinski definition) is 3. The van der Waals surface area contributed by atoms with Gasteiger partial charge < -0.3 is 9.73 Å². The number of nitrogens with zero attached hydrogens (tertiary/aromatic N) is 1. The zero-order chi connectivity index (χ0) is 17.8. The van der Waals surface area contributed by atoms with E-state index >= 15 is 0 Å². The first-order valence-corrected chi connectivity index (χ1v) is 9.02. The zero-order valence-electron chi connectivity index (χ0n) is 12.9. The fraction of sp³-hybridized carbons (Fsp3) is 0.111. The maximum Gasteiger partial charge on any atom is 0.224 e. The van der Waals surface area contributed by atoms with Crippen LogP contribution in [0.2, 0.25) is 10.0 Å². The van der Waals surface area contributed by atoms with Gasteiger partial charge >= 0.3 is 0 Å². The molecule has 0 aliphatic heterocycles. The highest BCUT2D eigenvalue weighted by atomic mass is 79.9. The number of hydrogen-bond donors (Lipinski definition) is 1. The number of anilines is 1. The third-order valence-corrected chi connectivity index (χ3v) is 4.51. The number of oxazole rings is 1. The maximum absolute atomic E-state index is 12.1. The number of halogens is 3. The molecule has 0 unspecified atom stereocenters. The lowest BCUT2D eigenvalue weighted by Gasteiger charge is -2.06. The number of amides is 1. The minimum Gasteiger partial charge on any atom is -0.441 e. The van der Waals surface area contributed by atoms with E-state index in [-0.39, 0.29) is 12.3 Å². The molecule has 2 aromatic carbocycles. The van der Waals surface area contributed by atoms with Crippen LogP contribution in [-0.2, 0) is 11.2 Å². The molecule has 0 aliphatic carbocycles. The van der Waals surface area contributed by atoms with Gasteiger partial charge in [0.05, 0.1) is 16.9 Å². The van der Waals surface area contributed by atoms with Crippen LogP contribution in [0.4, 0.5) is 5.69 Å². The molecular formula is C18H13BrCl2N2O2. The molecule has 1 aromatic heterocycles. The topological polar surface area (TPSA) is 55.1 Å². The smallest absolute Gasteiger partial charge is 0.224 e. The molecule has 0 spiro atoms. The Bertz CT molecular complexity index is 894. The van der Waals surface area contributed by atoms with Crippen molar-refractivity contribution in [2.45, 2.75) is 12.8 Å². The molecule has 0 fully saturated rings. The third-order valence-electron chi connectivity index (χ3n) is 3.45. The lowest BCUT2D eigenvalue weighted by molar-refractivity contribution is -0.116. The van der Waals surface area contributed by atoms with Crippen molar-refractivity contribution in [3.63, 3.8) is 0 Å². The van der Waals surface area contributed by atoms with Crippen LogP contribution in [0.15, 0.2) is 57.6 Å². The summed E-state index contributed by atoms with van der Waals surface area (Å²) in [6.45, 7) is 0. The molecule has 4 nitrogen and oxygen atoms in total. The molecule has 7 heteroatoms. The number of rotatable bonds is 5. The summed E-state index contributed by atoms with van der Waals surface area (Å²) in [5, 5.41) is 3.91. The van der Waals surface area contributed by atoms with E-state index < -0.39 is 0 Å². The largest absolute Gasteiger partial charge is 0.441 e. The Morgan fingerprint density at radius 3 is 2.64 bits per heavy atom. The van der Waals surface area contributed by atoms with Crippen molar-refractivity contribution in [2.75, 3.05) is 5.32 Å². The van der Waals surface area contributed by atoms with Gasteiger partial charge in [-0.05, 0) is 42.5 Å². The van der Waals surface area contributed by atoms with Gasteiger partial charge in [0.2, 0.25) is 5.91 Å². The molecule has 3 aromatic rings. The lowest BCUT2D eigenvalue weighted by atomic mass is 10.2. The summed E-state index contributed by atoms with van der Waals surface area (Å²) in [5.74, 6) is 0.987. The van der Waals surface area contributed by atoms with Crippen LogP contribution < -0.4 is 5.32 Å². The molecule has 3 rings (SSSR count). The number of carbonyl (C=O) groups is 1. The standard InChI is InChI=1S/C18H13BrCl2N2O2/c19-12-3-6-15(14(21)9-12)23-17(24)7-8-18-22-10-16(25-18)11-1-4-13(20)5-2-11/h1-6,9-10H,7-8H2,(H,23,24). The van der Waals surface area contributed by atoms with Gasteiger partial charge in [0.1, 0.15) is 0 Å². The van der Waals surface area contributed by atoms with Gasteiger partial charge in [-0.15, -0.1) is 0 Å². The van der Waals surface area contributed by atoms with E-state index in [4.69, 9.17) is 27.6 Å². The van der Waals surface area contributed by atoms with Crippen molar-refractivity contribution in [1.82, 2.24) is 4.98 Å². The Morgan fingerprint density at radius 1 is 1.16 bits per heavy atom. The Hall–Kier alpha value is -1.82. The van der Waals surface area contributed by atoms with Crippen LogP contribution in [-0.4, -0.2) is 10.9 Å². The molecule has 0 aliphatic rings. The SMILES string of the molecule is O=C(CCc1ncc(-c2ccc(Cl)cc2)o1)Nc1ccc(Br)cc1Cl. The van der Waals surface area contributed by atoms with E-state index in [1.807, 2.05) is 18.2 Å². The second kappa shape index (κ2) is 8.04. The fourth-order valence-corrected chi connectivity index (χ4v) is 3.04. The van der Waals surface area contributed by atoms with Gasteiger partial charge in [-0.25, -0.2) is 4.98 Å². The highest BCUT2D eigenvalue weighted by Gasteiger charge is 2.10. The molecular weight excluding hydrogens is 427 g/mol. The quantitative estimate of drug-likeness (QED) is 0.531. The molecule has 25 heavy (non-hydrogen) atoms. The minimum absolute atomic E-state index is 0.157. The predicted molar refractivity (Wildman–Crippen MR) is 103 cm³/mol. The Kier molecular flexibility index (Phi) is 5.78. The van der Waals surface area contributed by atoms with Crippen LogP contribution in [0.3, 0.4) is 0 Å². The summed E-state index contributed by atoms with van der Waals surface area (Å²) < 4.78 is 6.54. The number of benzene rings is 2. The highest BCUT2D eigenvalue weighted by Crippen LogP contribution is 2.26. The second-order valence-electron chi connectivity index (χ2n) is 5.30. The fourth-order valence-electron chi connectivity index (χ4n) is 2.20. The predicted octanol–water partition coefficient (Wildman–Crippen LogP) is 5.98.